The van der Waals surface area contributed by atoms with Gasteiger partial charge in [0.25, 0.3) is 0 Å². The maximum absolute atomic E-state index is 5.81. The molecule has 0 aliphatic heterocycles. The Hall–Kier alpha value is -0.560. The van der Waals surface area contributed by atoms with Crippen molar-refractivity contribution in [2.45, 2.75) is 40.7 Å². The third-order valence-electron chi connectivity index (χ3n) is 2.70. The molecule has 2 N–H and O–H groups in total. The van der Waals surface area contributed by atoms with Crippen LogP contribution in [-0.2, 0) is 0 Å². The van der Waals surface area contributed by atoms with E-state index in [0.717, 1.165) is 5.57 Å². The number of hydrogen-bond acceptors (Lipinski definition) is 1. The molecule has 1 heteroatoms. The Morgan fingerprint density at radius 3 is 1.83 bits per heavy atom. The molecule has 0 saturated heterocycles. The van der Waals surface area contributed by atoms with Gasteiger partial charge in [0.05, 0.1) is 0 Å². The van der Waals surface area contributed by atoms with E-state index < -0.39 is 0 Å². The third-order valence-corrected chi connectivity index (χ3v) is 2.70. The van der Waals surface area contributed by atoms with Crippen LogP contribution in [0.15, 0.2) is 23.3 Å². The van der Waals surface area contributed by atoms with Crippen molar-refractivity contribution in [2.75, 3.05) is 0 Å². The van der Waals surface area contributed by atoms with E-state index in [1.54, 1.807) is 0 Å². The molecule has 0 aromatic carbocycles. The Labute approximate surface area is 76.3 Å². The second-order valence-electron chi connectivity index (χ2n) is 3.74. The summed E-state index contributed by atoms with van der Waals surface area (Å²) in [6.07, 6.45) is 0. The second kappa shape index (κ2) is 4.46. The van der Waals surface area contributed by atoms with Crippen LogP contribution in [-0.4, -0.2) is 6.04 Å². The minimum absolute atomic E-state index is 0.222. The molecular weight excluding hydrogens is 146 g/mol. The smallest absolute Gasteiger partial charge is 0.00735 e. The molecule has 0 radical (unpaired) electrons. The van der Waals surface area contributed by atoms with Crippen LogP contribution in [0.2, 0.25) is 0 Å². The highest BCUT2D eigenvalue weighted by atomic mass is 14.6. The highest BCUT2D eigenvalue weighted by molar-refractivity contribution is 5.30. The van der Waals surface area contributed by atoms with Crippen LogP contribution in [0.5, 0.6) is 0 Å². The quantitative estimate of drug-likeness (QED) is 0.643. The average molecular weight is 167 g/mol. The Bertz CT molecular complexity index is 199. The van der Waals surface area contributed by atoms with Crippen molar-refractivity contribution in [3.05, 3.63) is 23.3 Å². The number of allylic oxidation sites excluding steroid dienone is 2. The first-order valence-corrected chi connectivity index (χ1v) is 4.46. The summed E-state index contributed by atoms with van der Waals surface area (Å²) in [5, 5.41) is 0. The molecule has 0 rings (SSSR count). The average Bonchev–Trinajstić information content (AvgIpc) is 2.00. The van der Waals surface area contributed by atoms with E-state index in [2.05, 4.69) is 27.4 Å². The Morgan fingerprint density at radius 2 is 1.58 bits per heavy atom. The van der Waals surface area contributed by atoms with Crippen LogP contribution in [0.1, 0.15) is 34.6 Å². The fourth-order valence-corrected chi connectivity index (χ4v) is 1.07. The first-order chi connectivity index (χ1) is 5.37. The number of rotatable bonds is 3. The van der Waals surface area contributed by atoms with Gasteiger partial charge in [-0.15, -0.1) is 0 Å². The SMILES string of the molecule is C=C(C)/C(C)=C(/C)C(C)C(C)N. The highest BCUT2D eigenvalue weighted by Gasteiger charge is 2.11. The van der Waals surface area contributed by atoms with Crippen LogP contribution in [0.3, 0.4) is 0 Å². The molecule has 70 valence electrons. The molecule has 0 heterocycles. The third kappa shape index (κ3) is 2.82. The normalized spacial score (nSPS) is 18.2. The lowest BCUT2D eigenvalue weighted by atomic mass is 9.90. The van der Waals surface area contributed by atoms with Crippen molar-refractivity contribution >= 4 is 0 Å². The molecule has 0 saturated carbocycles. The summed E-state index contributed by atoms with van der Waals surface area (Å²) in [7, 11) is 0. The molecule has 0 spiro atoms. The van der Waals surface area contributed by atoms with Gasteiger partial charge in [0.2, 0.25) is 0 Å². The molecule has 0 aliphatic rings. The Kier molecular flexibility index (Phi) is 4.25. The van der Waals surface area contributed by atoms with Crippen molar-refractivity contribution in [3.63, 3.8) is 0 Å². The molecule has 1 nitrogen and oxygen atoms in total. The van der Waals surface area contributed by atoms with Gasteiger partial charge in [-0.1, -0.05) is 24.6 Å². The summed E-state index contributed by atoms with van der Waals surface area (Å²) >= 11 is 0. The van der Waals surface area contributed by atoms with Crippen molar-refractivity contribution in [3.8, 4) is 0 Å². The molecule has 0 fully saturated rings. The Balaban J connectivity index is 4.66. The van der Waals surface area contributed by atoms with E-state index in [1.807, 2.05) is 13.8 Å². The van der Waals surface area contributed by atoms with E-state index in [9.17, 15) is 0 Å². The van der Waals surface area contributed by atoms with Crippen LogP contribution in [0.4, 0.5) is 0 Å². The first kappa shape index (κ1) is 11.4. The molecule has 12 heavy (non-hydrogen) atoms. The van der Waals surface area contributed by atoms with Crippen molar-refractivity contribution < 1.29 is 0 Å². The zero-order chi connectivity index (χ0) is 9.89. The van der Waals surface area contributed by atoms with Gasteiger partial charge in [0.15, 0.2) is 0 Å². The predicted molar refractivity (Wildman–Crippen MR) is 56.0 cm³/mol. The van der Waals surface area contributed by atoms with Crippen LogP contribution < -0.4 is 5.73 Å². The van der Waals surface area contributed by atoms with Gasteiger partial charge in [-0.3, -0.25) is 0 Å². The van der Waals surface area contributed by atoms with Gasteiger partial charge in [-0.2, -0.15) is 0 Å². The van der Waals surface area contributed by atoms with Crippen molar-refractivity contribution in [2.24, 2.45) is 11.7 Å². The number of nitrogens with two attached hydrogens (primary N) is 1. The summed E-state index contributed by atoms with van der Waals surface area (Å²) in [6, 6.07) is 0.222. The maximum atomic E-state index is 5.81. The van der Waals surface area contributed by atoms with E-state index in [-0.39, 0.29) is 6.04 Å². The van der Waals surface area contributed by atoms with Gasteiger partial charge in [0.1, 0.15) is 0 Å². The molecule has 0 aromatic rings. The van der Waals surface area contributed by atoms with Crippen molar-refractivity contribution in [1.82, 2.24) is 0 Å². The predicted octanol–water partition coefficient (Wildman–Crippen LogP) is 2.88. The highest BCUT2D eigenvalue weighted by Crippen LogP contribution is 2.20. The zero-order valence-electron chi connectivity index (χ0n) is 8.94. The fourth-order valence-electron chi connectivity index (χ4n) is 1.07. The molecule has 0 amide bonds. The lowest BCUT2D eigenvalue weighted by molar-refractivity contribution is 0.549. The first-order valence-electron chi connectivity index (χ1n) is 4.46. The minimum Gasteiger partial charge on any atom is -0.327 e. The molecule has 2 unspecified atom stereocenters. The van der Waals surface area contributed by atoms with E-state index in [4.69, 9.17) is 5.73 Å². The molecule has 0 aliphatic carbocycles. The summed E-state index contributed by atoms with van der Waals surface area (Å²) in [4.78, 5) is 0. The molecular formula is C11H21N. The maximum Gasteiger partial charge on any atom is 0.00735 e. The van der Waals surface area contributed by atoms with Gasteiger partial charge in [-0.05, 0) is 39.2 Å². The van der Waals surface area contributed by atoms with Gasteiger partial charge in [-0.25, -0.2) is 0 Å². The molecule has 0 aromatic heterocycles. The standard InChI is InChI=1S/C11H21N/c1-7(2)8(3)9(4)10(5)11(6)12/h10-11H,1,12H2,2-6H3/b9-8-. The lowest BCUT2D eigenvalue weighted by Crippen LogP contribution is -2.25. The number of hydrogen-bond donors (Lipinski definition) is 1. The Morgan fingerprint density at radius 1 is 1.17 bits per heavy atom. The lowest BCUT2D eigenvalue weighted by Gasteiger charge is -2.19. The van der Waals surface area contributed by atoms with Gasteiger partial charge < -0.3 is 5.73 Å². The monoisotopic (exact) mass is 167 g/mol. The molecule has 0 bridgehead atoms. The molecule has 2 atom stereocenters. The summed E-state index contributed by atoms with van der Waals surface area (Å²) in [5.74, 6) is 0.446. The minimum atomic E-state index is 0.222. The second-order valence-corrected chi connectivity index (χ2v) is 3.74. The van der Waals surface area contributed by atoms with Gasteiger partial charge in [0, 0.05) is 6.04 Å². The van der Waals surface area contributed by atoms with Crippen molar-refractivity contribution in [1.29, 1.82) is 0 Å². The van der Waals surface area contributed by atoms with E-state index >= 15 is 0 Å². The zero-order valence-corrected chi connectivity index (χ0v) is 8.94. The van der Waals surface area contributed by atoms with Crippen LogP contribution in [0, 0.1) is 5.92 Å². The van der Waals surface area contributed by atoms with E-state index in [0.29, 0.717) is 5.92 Å². The van der Waals surface area contributed by atoms with Crippen LogP contribution >= 0.6 is 0 Å². The fraction of sp³-hybridized carbons (Fsp3) is 0.636. The largest absolute Gasteiger partial charge is 0.327 e. The van der Waals surface area contributed by atoms with Crippen LogP contribution in [0.25, 0.3) is 0 Å². The topological polar surface area (TPSA) is 26.0 Å². The van der Waals surface area contributed by atoms with E-state index in [1.165, 1.54) is 11.1 Å². The van der Waals surface area contributed by atoms with Gasteiger partial charge >= 0.3 is 0 Å². The summed E-state index contributed by atoms with van der Waals surface area (Å²) in [5.41, 5.74) is 9.60. The summed E-state index contributed by atoms with van der Waals surface area (Å²) in [6.45, 7) is 14.4. The summed E-state index contributed by atoms with van der Waals surface area (Å²) < 4.78 is 0.